The molecule has 2 rings (SSSR count). The number of likely N-dealkylation sites (tertiary alicyclic amines) is 1. The van der Waals surface area contributed by atoms with Crippen LogP contribution in [0.2, 0.25) is 0 Å². The fourth-order valence-electron chi connectivity index (χ4n) is 1.76. The normalized spacial score (nSPS) is 19.5. The predicted octanol–water partition coefficient (Wildman–Crippen LogP) is 0.429. The lowest BCUT2D eigenvalue weighted by Gasteiger charge is -2.13. The molecule has 5 nitrogen and oxygen atoms in total. The smallest absolute Gasteiger partial charge is 0.260 e. The van der Waals surface area contributed by atoms with Crippen molar-refractivity contribution in [2.45, 2.75) is 12.5 Å². The third-order valence-electron chi connectivity index (χ3n) is 2.76. The zero-order chi connectivity index (χ0) is 12.4. The van der Waals surface area contributed by atoms with E-state index in [-0.39, 0.29) is 12.5 Å². The Labute approximate surface area is 98.6 Å². The summed E-state index contributed by atoms with van der Waals surface area (Å²) in [6.07, 6.45) is -0.738. The molecule has 1 aliphatic rings. The highest BCUT2D eigenvalue weighted by atomic mass is 16.5. The number of nitrogens with zero attached hydrogens (tertiary/aromatic N) is 1. The van der Waals surface area contributed by atoms with Crippen LogP contribution in [-0.4, -0.2) is 41.6 Å². The first kappa shape index (κ1) is 11.6. The van der Waals surface area contributed by atoms with Gasteiger partial charge in [0, 0.05) is 18.5 Å². The summed E-state index contributed by atoms with van der Waals surface area (Å²) in [6.45, 7) is 0.269. The number of benzene rings is 1. The number of rotatable bonds is 2. The first-order chi connectivity index (χ1) is 8.13. The number of aliphatic hydroxyl groups excluding tert-OH is 1. The largest absolute Gasteiger partial charge is 0.497 e. The van der Waals surface area contributed by atoms with Gasteiger partial charge in [-0.1, -0.05) is 0 Å². The van der Waals surface area contributed by atoms with E-state index >= 15 is 0 Å². The molecule has 0 unspecified atom stereocenters. The fraction of sp³-hybridized carbons (Fsp3) is 0.333. The highest BCUT2D eigenvalue weighted by Crippen LogP contribution is 2.17. The monoisotopic (exact) mass is 235 g/mol. The molecule has 0 bridgehead atoms. The molecule has 17 heavy (non-hydrogen) atoms. The number of hydrogen-bond donors (Lipinski definition) is 1. The number of imide groups is 1. The van der Waals surface area contributed by atoms with Crippen LogP contribution in [0, 0.1) is 0 Å². The summed E-state index contributed by atoms with van der Waals surface area (Å²) in [5, 5.41) is 9.28. The maximum atomic E-state index is 12.0. The van der Waals surface area contributed by atoms with E-state index in [1.54, 1.807) is 24.3 Å². The van der Waals surface area contributed by atoms with Gasteiger partial charge in [0.2, 0.25) is 0 Å². The summed E-state index contributed by atoms with van der Waals surface area (Å²) >= 11 is 0. The van der Waals surface area contributed by atoms with E-state index in [9.17, 15) is 14.7 Å². The van der Waals surface area contributed by atoms with Crippen LogP contribution in [0.15, 0.2) is 24.3 Å². The second-order valence-electron chi connectivity index (χ2n) is 3.83. The lowest BCUT2D eigenvalue weighted by atomic mass is 10.2. The number of ether oxygens (including phenoxy) is 1. The zero-order valence-electron chi connectivity index (χ0n) is 9.42. The Bertz CT molecular complexity index is 440. The van der Waals surface area contributed by atoms with Crippen molar-refractivity contribution in [2.24, 2.45) is 0 Å². The van der Waals surface area contributed by atoms with Gasteiger partial charge in [-0.3, -0.25) is 14.5 Å². The highest BCUT2D eigenvalue weighted by molar-refractivity contribution is 6.06. The van der Waals surface area contributed by atoms with Gasteiger partial charge in [-0.05, 0) is 24.3 Å². The zero-order valence-corrected chi connectivity index (χ0v) is 9.42. The van der Waals surface area contributed by atoms with Crippen LogP contribution in [0.4, 0.5) is 0 Å². The van der Waals surface area contributed by atoms with Crippen molar-refractivity contribution < 1.29 is 19.4 Å². The summed E-state index contributed by atoms with van der Waals surface area (Å²) in [7, 11) is 1.54. The van der Waals surface area contributed by atoms with Gasteiger partial charge >= 0.3 is 0 Å². The average molecular weight is 235 g/mol. The molecule has 1 aliphatic heterocycles. The Morgan fingerprint density at radius 3 is 2.53 bits per heavy atom. The first-order valence-corrected chi connectivity index (χ1v) is 5.31. The van der Waals surface area contributed by atoms with Crippen LogP contribution in [0.3, 0.4) is 0 Å². The van der Waals surface area contributed by atoms with E-state index in [1.807, 2.05) is 0 Å². The minimum atomic E-state index is -1.04. The molecule has 1 aromatic rings. The quantitative estimate of drug-likeness (QED) is 0.755. The van der Waals surface area contributed by atoms with Crippen LogP contribution < -0.4 is 4.74 Å². The maximum absolute atomic E-state index is 12.0. The molecule has 0 aromatic heterocycles. The van der Waals surface area contributed by atoms with Crippen molar-refractivity contribution in [3.05, 3.63) is 29.8 Å². The minimum absolute atomic E-state index is 0.269. The lowest BCUT2D eigenvalue weighted by Crippen LogP contribution is -2.35. The van der Waals surface area contributed by atoms with Crippen LogP contribution in [0.25, 0.3) is 0 Å². The van der Waals surface area contributed by atoms with Crippen molar-refractivity contribution >= 4 is 11.8 Å². The van der Waals surface area contributed by atoms with Crippen LogP contribution in [-0.2, 0) is 4.79 Å². The number of carbonyl (C=O) groups excluding carboxylic acids is 2. The Balaban J connectivity index is 2.17. The van der Waals surface area contributed by atoms with E-state index in [1.165, 1.54) is 7.11 Å². The van der Waals surface area contributed by atoms with Gasteiger partial charge < -0.3 is 9.84 Å². The number of amides is 2. The fourth-order valence-corrected chi connectivity index (χ4v) is 1.76. The summed E-state index contributed by atoms with van der Waals surface area (Å²) in [6, 6.07) is 6.51. The molecule has 1 atom stereocenters. The Kier molecular flexibility index (Phi) is 3.10. The molecule has 0 radical (unpaired) electrons. The van der Waals surface area contributed by atoms with E-state index in [2.05, 4.69) is 0 Å². The predicted molar refractivity (Wildman–Crippen MR) is 59.7 cm³/mol. The van der Waals surface area contributed by atoms with Gasteiger partial charge in [0.05, 0.1) is 7.11 Å². The van der Waals surface area contributed by atoms with Gasteiger partial charge in [-0.15, -0.1) is 0 Å². The van der Waals surface area contributed by atoms with E-state index in [0.29, 0.717) is 17.7 Å². The standard InChI is InChI=1S/C12H13NO4/c1-17-9-4-2-8(3-5-9)11(15)13-7-6-10(14)12(13)16/h2-5,10,14H,6-7H2,1H3/t10-/m1/s1. The van der Waals surface area contributed by atoms with E-state index in [4.69, 9.17) is 4.74 Å². The summed E-state index contributed by atoms with van der Waals surface area (Å²) in [5.74, 6) is -0.255. The molecule has 1 saturated heterocycles. The molecule has 1 aromatic carbocycles. The van der Waals surface area contributed by atoms with Crippen LogP contribution in [0.5, 0.6) is 5.75 Å². The van der Waals surface area contributed by atoms with Crippen molar-refractivity contribution in [3.8, 4) is 5.75 Å². The first-order valence-electron chi connectivity index (χ1n) is 5.31. The molecular formula is C12H13NO4. The molecule has 0 saturated carbocycles. The second-order valence-corrected chi connectivity index (χ2v) is 3.83. The molecule has 1 N–H and O–H groups in total. The van der Waals surface area contributed by atoms with Gasteiger partial charge in [0.15, 0.2) is 0 Å². The molecule has 5 heteroatoms. The summed E-state index contributed by atoms with van der Waals surface area (Å²) in [5.41, 5.74) is 0.410. The van der Waals surface area contributed by atoms with Crippen LogP contribution in [0.1, 0.15) is 16.8 Å². The Morgan fingerprint density at radius 2 is 2.06 bits per heavy atom. The highest BCUT2D eigenvalue weighted by Gasteiger charge is 2.34. The van der Waals surface area contributed by atoms with Crippen molar-refractivity contribution in [1.29, 1.82) is 0 Å². The molecule has 2 amide bonds. The summed E-state index contributed by atoms with van der Waals surface area (Å²) in [4.78, 5) is 24.5. The third kappa shape index (κ3) is 2.14. The van der Waals surface area contributed by atoms with Crippen molar-refractivity contribution in [1.82, 2.24) is 4.90 Å². The molecule has 0 aliphatic carbocycles. The second kappa shape index (κ2) is 4.55. The van der Waals surface area contributed by atoms with E-state index < -0.39 is 12.0 Å². The minimum Gasteiger partial charge on any atom is -0.497 e. The molecule has 1 heterocycles. The number of methoxy groups -OCH3 is 1. The molecule has 90 valence electrons. The van der Waals surface area contributed by atoms with Gasteiger partial charge in [0.25, 0.3) is 11.8 Å². The van der Waals surface area contributed by atoms with Crippen molar-refractivity contribution in [2.75, 3.05) is 13.7 Å². The van der Waals surface area contributed by atoms with Crippen molar-refractivity contribution in [3.63, 3.8) is 0 Å². The van der Waals surface area contributed by atoms with Gasteiger partial charge in [-0.25, -0.2) is 0 Å². The SMILES string of the molecule is COc1ccc(C(=O)N2CC[C@@H](O)C2=O)cc1. The average Bonchev–Trinajstić information content (AvgIpc) is 2.69. The Morgan fingerprint density at radius 1 is 1.41 bits per heavy atom. The topological polar surface area (TPSA) is 66.8 Å². The van der Waals surface area contributed by atoms with Gasteiger partial charge in [0.1, 0.15) is 11.9 Å². The molecular weight excluding hydrogens is 222 g/mol. The Hall–Kier alpha value is -1.88. The lowest BCUT2D eigenvalue weighted by molar-refractivity contribution is -0.132. The number of hydrogen-bond acceptors (Lipinski definition) is 4. The number of carbonyl (C=O) groups is 2. The summed E-state index contributed by atoms with van der Waals surface area (Å²) < 4.78 is 4.98. The van der Waals surface area contributed by atoms with Gasteiger partial charge in [-0.2, -0.15) is 0 Å². The number of aliphatic hydroxyl groups is 1. The van der Waals surface area contributed by atoms with Crippen LogP contribution >= 0.6 is 0 Å². The molecule has 1 fully saturated rings. The van der Waals surface area contributed by atoms with E-state index in [0.717, 1.165) is 4.90 Å². The third-order valence-corrected chi connectivity index (χ3v) is 2.76. The molecule has 0 spiro atoms. The maximum Gasteiger partial charge on any atom is 0.260 e.